The summed E-state index contributed by atoms with van der Waals surface area (Å²) in [6.07, 6.45) is 0. The molecular weight excluding hydrogens is 332 g/mol. The van der Waals surface area contributed by atoms with Crippen LogP contribution in [0.4, 0.5) is 0 Å². The minimum Gasteiger partial charge on any atom is -0.493 e. The molecule has 6 heteroatoms. The summed E-state index contributed by atoms with van der Waals surface area (Å²) in [5.74, 6) is 1.76. The molecule has 126 valence electrons. The van der Waals surface area contributed by atoms with Crippen LogP contribution in [0.5, 0.6) is 17.2 Å². The average molecular weight is 349 g/mol. The quantitative estimate of drug-likeness (QED) is 0.764. The van der Waals surface area contributed by atoms with Crippen LogP contribution in [0.15, 0.2) is 30.3 Å². The van der Waals surface area contributed by atoms with Gasteiger partial charge in [-0.2, -0.15) is 0 Å². The summed E-state index contributed by atoms with van der Waals surface area (Å²) in [6.45, 7) is 2.43. The zero-order valence-corrected chi connectivity index (χ0v) is 14.2. The number of carbonyl (C=O) groups is 1. The number of hydrogen-bond acceptors (Lipinski definition) is 5. The molecule has 0 unspecified atom stereocenters. The van der Waals surface area contributed by atoms with E-state index in [1.807, 2.05) is 12.1 Å². The van der Waals surface area contributed by atoms with Gasteiger partial charge in [-0.3, -0.25) is 4.79 Å². The van der Waals surface area contributed by atoms with Crippen LogP contribution in [0.2, 0.25) is 5.02 Å². The molecule has 0 atom stereocenters. The van der Waals surface area contributed by atoms with Gasteiger partial charge in [0.2, 0.25) is 0 Å². The van der Waals surface area contributed by atoms with Crippen molar-refractivity contribution in [3.05, 3.63) is 52.0 Å². The summed E-state index contributed by atoms with van der Waals surface area (Å²) in [5, 5.41) is 0.598. The van der Waals surface area contributed by atoms with E-state index >= 15 is 0 Å². The maximum Gasteiger partial charge on any atom is 0.189 e. The van der Waals surface area contributed by atoms with E-state index in [1.165, 1.54) is 14.0 Å². The Bertz CT molecular complexity index is 772. The lowest BCUT2D eigenvalue weighted by atomic mass is 10.1. The molecule has 1 heterocycles. The number of halogens is 1. The number of hydrogen-bond donors (Lipinski definition) is 0. The van der Waals surface area contributed by atoms with Crippen molar-refractivity contribution in [3.8, 4) is 17.2 Å². The second-order valence-electron chi connectivity index (χ2n) is 5.37. The maximum absolute atomic E-state index is 11.5. The second kappa shape index (κ2) is 7.11. The summed E-state index contributed by atoms with van der Waals surface area (Å²) < 4.78 is 22.0. The predicted octanol–water partition coefficient (Wildman–Crippen LogP) is 4.00. The van der Waals surface area contributed by atoms with Gasteiger partial charge in [0, 0.05) is 21.7 Å². The van der Waals surface area contributed by atoms with Crippen LogP contribution in [0, 0.1) is 0 Å². The lowest BCUT2D eigenvalue weighted by molar-refractivity contribution is -0.0175. The molecule has 0 amide bonds. The van der Waals surface area contributed by atoms with Gasteiger partial charge in [0.05, 0.1) is 13.7 Å². The predicted molar refractivity (Wildman–Crippen MR) is 89.1 cm³/mol. The van der Waals surface area contributed by atoms with Crippen molar-refractivity contribution in [1.29, 1.82) is 0 Å². The molecule has 3 rings (SSSR count). The van der Waals surface area contributed by atoms with E-state index in [-0.39, 0.29) is 19.2 Å². The highest BCUT2D eigenvalue weighted by Crippen LogP contribution is 2.34. The van der Waals surface area contributed by atoms with E-state index in [9.17, 15) is 4.79 Å². The number of ketones is 1. The second-order valence-corrected chi connectivity index (χ2v) is 5.81. The van der Waals surface area contributed by atoms with Crippen LogP contribution in [-0.4, -0.2) is 19.7 Å². The fraction of sp³-hybridized carbons (Fsp3) is 0.278. The Balaban J connectivity index is 1.84. The molecule has 1 aliphatic heterocycles. The highest BCUT2D eigenvalue weighted by Gasteiger charge is 2.17. The van der Waals surface area contributed by atoms with Crippen molar-refractivity contribution in [1.82, 2.24) is 0 Å². The van der Waals surface area contributed by atoms with Crippen molar-refractivity contribution in [2.45, 2.75) is 20.1 Å². The van der Waals surface area contributed by atoms with Crippen LogP contribution in [0.1, 0.15) is 28.4 Å². The summed E-state index contributed by atoms with van der Waals surface area (Å²) in [7, 11) is 1.54. The van der Waals surface area contributed by atoms with Crippen molar-refractivity contribution in [3.63, 3.8) is 0 Å². The molecule has 0 N–H and O–H groups in total. The van der Waals surface area contributed by atoms with Crippen LogP contribution in [0.3, 0.4) is 0 Å². The molecule has 0 fully saturated rings. The maximum atomic E-state index is 11.5. The Labute approximate surface area is 145 Å². The fourth-order valence-corrected chi connectivity index (χ4v) is 2.79. The molecule has 5 nitrogen and oxygen atoms in total. The summed E-state index contributed by atoms with van der Waals surface area (Å²) >= 11 is 6.15. The third-order valence-corrected chi connectivity index (χ3v) is 3.92. The molecular formula is C18H17ClO5. The molecule has 24 heavy (non-hydrogen) atoms. The highest BCUT2D eigenvalue weighted by molar-refractivity contribution is 6.30. The number of fused-ring (bicyclic) bond motifs is 1. The summed E-state index contributed by atoms with van der Waals surface area (Å²) in [6, 6.07) is 8.72. The van der Waals surface area contributed by atoms with E-state index in [0.29, 0.717) is 28.7 Å². The normalized spacial score (nSPS) is 13.0. The highest BCUT2D eigenvalue weighted by atomic mass is 35.5. The van der Waals surface area contributed by atoms with Crippen LogP contribution >= 0.6 is 11.6 Å². The molecule has 0 saturated heterocycles. The first-order valence-electron chi connectivity index (χ1n) is 7.42. The minimum absolute atomic E-state index is 0.0304. The van der Waals surface area contributed by atoms with E-state index in [4.69, 9.17) is 30.5 Å². The Morgan fingerprint density at radius 1 is 1.25 bits per heavy atom. The SMILES string of the molecule is COc1cc(C(C)=O)ccc1OCc1cc(Cl)cc2c1OCOC2. The molecule has 0 saturated carbocycles. The first-order valence-corrected chi connectivity index (χ1v) is 7.80. The lowest BCUT2D eigenvalue weighted by Gasteiger charge is -2.21. The number of methoxy groups -OCH3 is 1. The average Bonchev–Trinajstić information content (AvgIpc) is 2.59. The zero-order valence-electron chi connectivity index (χ0n) is 13.4. The largest absolute Gasteiger partial charge is 0.493 e. The molecule has 0 aromatic heterocycles. The van der Waals surface area contributed by atoms with Gasteiger partial charge < -0.3 is 18.9 Å². The first kappa shape index (κ1) is 16.6. The topological polar surface area (TPSA) is 54.0 Å². The van der Waals surface area contributed by atoms with E-state index < -0.39 is 0 Å². The van der Waals surface area contributed by atoms with E-state index in [0.717, 1.165) is 16.9 Å². The zero-order chi connectivity index (χ0) is 17.1. The van der Waals surface area contributed by atoms with E-state index in [1.54, 1.807) is 18.2 Å². The van der Waals surface area contributed by atoms with Crippen LogP contribution in [0.25, 0.3) is 0 Å². The summed E-state index contributed by atoms with van der Waals surface area (Å²) in [4.78, 5) is 11.5. The number of ether oxygens (including phenoxy) is 4. The molecule has 0 radical (unpaired) electrons. The van der Waals surface area contributed by atoms with E-state index in [2.05, 4.69) is 0 Å². The van der Waals surface area contributed by atoms with Crippen LogP contribution in [-0.2, 0) is 18.0 Å². The Kier molecular flexibility index (Phi) is 4.92. The molecule has 0 spiro atoms. The summed E-state index contributed by atoms with van der Waals surface area (Å²) in [5.41, 5.74) is 2.30. The number of benzene rings is 2. The minimum atomic E-state index is -0.0304. The monoisotopic (exact) mass is 348 g/mol. The molecule has 0 aliphatic carbocycles. The van der Waals surface area contributed by atoms with Crippen molar-refractivity contribution in [2.75, 3.05) is 13.9 Å². The number of rotatable bonds is 5. The van der Waals surface area contributed by atoms with Crippen molar-refractivity contribution in [2.24, 2.45) is 0 Å². The molecule has 1 aliphatic rings. The van der Waals surface area contributed by atoms with Gasteiger partial charge >= 0.3 is 0 Å². The van der Waals surface area contributed by atoms with Crippen molar-refractivity contribution < 1.29 is 23.7 Å². The van der Waals surface area contributed by atoms with Gasteiger partial charge in [-0.25, -0.2) is 0 Å². The third-order valence-electron chi connectivity index (χ3n) is 3.71. The standard InChI is InChI=1S/C18H17ClO5/c1-11(20)12-3-4-16(17(7-12)21-2)23-9-14-6-15(19)5-13-8-22-10-24-18(13)14/h3-7H,8-10H2,1-2H3. The molecule has 0 bridgehead atoms. The lowest BCUT2D eigenvalue weighted by Crippen LogP contribution is -2.14. The fourth-order valence-electron chi connectivity index (χ4n) is 2.53. The Hall–Kier alpha value is -2.24. The first-order chi connectivity index (χ1) is 11.6. The van der Waals surface area contributed by atoms with Gasteiger partial charge in [0.15, 0.2) is 24.1 Å². The Morgan fingerprint density at radius 3 is 2.83 bits per heavy atom. The van der Waals surface area contributed by atoms with Gasteiger partial charge in [0.1, 0.15) is 12.4 Å². The molecule has 2 aromatic rings. The van der Waals surface area contributed by atoms with Crippen LogP contribution < -0.4 is 14.2 Å². The van der Waals surface area contributed by atoms with Crippen molar-refractivity contribution >= 4 is 17.4 Å². The third kappa shape index (κ3) is 3.47. The number of carbonyl (C=O) groups excluding carboxylic acids is 1. The number of Topliss-reactive ketones (excluding diaryl/α,β-unsaturated/α-hetero) is 1. The molecule has 2 aromatic carbocycles. The van der Waals surface area contributed by atoms with Gasteiger partial charge in [-0.1, -0.05) is 11.6 Å². The Morgan fingerprint density at radius 2 is 2.08 bits per heavy atom. The van der Waals surface area contributed by atoms with Gasteiger partial charge in [-0.05, 0) is 37.3 Å². The van der Waals surface area contributed by atoms with Gasteiger partial charge in [0.25, 0.3) is 0 Å². The van der Waals surface area contributed by atoms with Gasteiger partial charge in [-0.15, -0.1) is 0 Å². The smallest absolute Gasteiger partial charge is 0.189 e.